The highest BCUT2D eigenvalue weighted by Gasteiger charge is 2.31. The SMILES string of the molecule is O=C(NCc1ccco1)c1ccc2c(c1)N(Cc1cccc(Cl)c1)C(=O)c1ccccc1[S@@]2=O. The lowest BCUT2D eigenvalue weighted by Gasteiger charge is -2.23. The van der Waals surface area contributed by atoms with Crippen molar-refractivity contribution in [1.29, 1.82) is 0 Å². The lowest BCUT2D eigenvalue weighted by atomic mass is 10.1. The predicted molar refractivity (Wildman–Crippen MR) is 129 cm³/mol. The van der Waals surface area contributed by atoms with E-state index in [1.54, 1.807) is 71.6 Å². The average molecular weight is 491 g/mol. The molecular formula is C26H19ClN2O4S. The molecule has 0 aliphatic carbocycles. The van der Waals surface area contributed by atoms with Gasteiger partial charge in [-0.1, -0.05) is 35.9 Å². The monoisotopic (exact) mass is 490 g/mol. The van der Waals surface area contributed by atoms with Crippen LogP contribution in [0.3, 0.4) is 0 Å². The van der Waals surface area contributed by atoms with Crippen molar-refractivity contribution in [2.45, 2.75) is 22.9 Å². The van der Waals surface area contributed by atoms with Gasteiger partial charge < -0.3 is 14.6 Å². The maximum atomic E-state index is 13.6. The number of halogens is 1. The van der Waals surface area contributed by atoms with Crippen molar-refractivity contribution in [3.8, 4) is 0 Å². The molecule has 1 aliphatic rings. The van der Waals surface area contributed by atoms with Crippen LogP contribution in [0.25, 0.3) is 0 Å². The van der Waals surface area contributed by atoms with Crippen molar-refractivity contribution < 1.29 is 18.2 Å². The largest absolute Gasteiger partial charge is 0.467 e. The molecule has 1 N–H and O–H groups in total. The number of rotatable bonds is 5. The third kappa shape index (κ3) is 4.27. The van der Waals surface area contributed by atoms with Gasteiger partial charge >= 0.3 is 0 Å². The summed E-state index contributed by atoms with van der Waals surface area (Å²) in [6.07, 6.45) is 1.54. The summed E-state index contributed by atoms with van der Waals surface area (Å²) in [4.78, 5) is 28.9. The fraction of sp³-hybridized carbons (Fsp3) is 0.0769. The number of amides is 2. The zero-order valence-corrected chi connectivity index (χ0v) is 19.4. The van der Waals surface area contributed by atoms with Gasteiger partial charge in [-0.05, 0) is 60.2 Å². The fourth-order valence-electron chi connectivity index (χ4n) is 3.86. The zero-order chi connectivity index (χ0) is 23.7. The second-order valence-electron chi connectivity index (χ2n) is 7.73. The Kier molecular flexibility index (Phi) is 6.04. The molecule has 2 heterocycles. The van der Waals surface area contributed by atoms with E-state index in [1.807, 2.05) is 12.1 Å². The summed E-state index contributed by atoms with van der Waals surface area (Å²) in [7, 11) is -1.60. The average Bonchev–Trinajstić information content (AvgIpc) is 3.36. The summed E-state index contributed by atoms with van der Waals surface area (Å²) in [6, 6.07) is 22.5. The molecule has 0 saturated heterocycles. The Labute approximate surface area is 203 Å². The Bertz CT molecular complexity index is 1420. The molecule has 34 heavy (non-hydrogen) atoms. The molecule has 1 aliphatic heterocycles. The second kappa shape index (κ2) is 9.29. The smallest absolute Gasteiger partial charge is 0.259 e. The first-order valence-corrected chi connectivity index (χ1v) is 12.1. The molecule has 2 amide bonds. The fourth-order valence-corrected chi connectivity index (χ4v) is 5.42. The molecule has 1 atom stereocenters. The Hall–Kier alpha value is -3.68. The van der Waals surface area contributed by atoms with Crippen molar-refractivity contribution in [2.75, 3.05) is 4.90 Å². The molecule has 1 aromatic heterocycles. The minimum Gasteiger partial charge on any atom is -0.467 e. The Morgan fingerprint density at radius 3 is 2.62 bits per heavy atom. The number of carbonyl (C=O) groups is 2. The minimum atomic E-state index is -1.60. The quantitative estimate of drug-likeness (QED) is 0.417. The van der Waals surface area contributed by atoms with E-state index in [-0.39, 0.29) is 24.9 Å². The van der Waals surface area contributed by atoms with Gasteiger partial charge in [-0.25, -0.2) is 4.21 Å². The molecule has 6 nitrogen and oxygen atoms in total. The summed E-state index contributed by atoms with van der Waals surface area (Å²) in [6.45, 7) is 0.431. The topological polar surface area (TPSA) is 79.6 Å². The van der Waals surface area contributed by atoms with E-state index in [2.05, 4.69) is 5.32 Å². The van der Waals surface area contributed by atoms with Gasteiger partial charge in [0.25, 0.3) is 11.8 Å². The van der Waals surface area contributed by atoms with Crippen molar-refractivity contribution in [3.63, 3.8) is 0 Å². The molecule has 0 saturated carbocycles. The van der Waals surface area contributed by atoms with Crippen molar-refractivity contribution in [1.82, 2.24) is 5.32 Å². The summed E-state index contributed by atoms with van der Waals surface area (Å²) in [5.74, 6) is -0.00450. The van der Waals surface area contributed by atoms with Crippen LogP contribution in [-0.4, -0.2) is 16.0 Å². The standard InChI is InChI=1S/C26H19ClN2O4S/c27-19-6-3-5-17(13-19)16-29-22-14-18(25(30)28-15-20-7-4-12-33-20)10-11-24(22)34(32)23-9-2-1-8-21(23)26(29)31/h1-14H,15-16H2,(H,28,30)/t34-/m0/s1. The molecule has 4 aromatic rings. The van der Waals surface area contributed by atoms with Crippen LogP contribution in [0.4, 0.5) is 5.69 Å². The molecule has 8 heteroatoms. The number of anilines is 1. The van der Waals surface area contributed by atoms with E-state index in [1.165, 1.54) is 6.26 Å². The number of furan rings is 1. The summed E-state index contributed by atoms with van der Waals surface area (Å²) < 4.78 is 18.8. The number of fused-ring (bicyclic) bond motifs is 2. The third-order valence-electron chi connectivity index (χ3n) is 5.51. The van der Waals surface area contributed by atoms with Gasteiger partial charge in [0, 0.05) is 10.6 Å². The van der Waals surface area contributed by atoms with Crippen molar-refractivity contribution >= 4 is 39.9 Å². The summed E-state index contributed by atoms with van der Waals surface area (Å²) in [5.41, 5.74) is 1.94. The van der Waals surface area contributed by atoms with E-state index in [0.717, 1.165) is 5.56 Å². The van der Waals surface area contributed by atoms with Crippen LogP contribution in [0.1, 0.15) is 32.0 Å². The third-order valence-corrected chi connectivity index (χ3v) is 7.24. The van der Waals surface area contributed by atoms with Gasteiger partial charge in [-0.15, -0.1) is 0 Å². The molecule has 0 bridgehead atoms. The van der Waals surface area contributed by atoms with Crippen molar-refractivity contribution in [2.24, 2.45) is 0 Å². The molecule has 0 unspecified atom stereocenters. The number of hydrogen-bond acceptors (Lipinski definition) is 4. The van der Waals surface area contributed by atoms with E-state index in [9.17, 15) is 13.8 Å². The molecule has 0 radical (unpaired) electrons. The predicted octanol–water partition coefficient (Wildman–Crippen LogP) is 5.19. The number of hydrogen-bond donors (Lipinski definition) is 1. The van der Waals surface area contributed by atoms with Gasteiger partial charge in [0.05, 0.1) is 51.2 Å². The molecule has 5 rings (SSSR count). The normalized spacial score (nSPS) is 14.8. The summed E-state index contributed by atoms with van der Waals surface area (Å²) in [5, 5.41) is 3.36. The highest BCUT2D eigenvalue weighted by atomic mass is 35.5. The maximum Gasteiger partial charge on any atom is 0.259 e. The van der Waals surface area contributed by atoms with Crippen LogP contribution in [0.15, 0.2) is 99.3 Å². The molecule has 0 fully saturated rings. The van der Waals surface area contributed by atoms with Crippen LogP contribution < -0.4 is 10.2 Å². The zero-order valence-electron chi connectivity index (χ0n) is 17.9. The molecule has 3 aromatic carbocycles. The lowest BCUT2D eigenvalue weighted by molar-refractivity contribution is 0.0945. The maximum absolute atomic E-state index is 13.6. The highest BCUT2D eigenvalue weighted by Crippen LogP contribution is 2.36. The van der Waals surface area contributed by atoms with E-state index in [0.29, 0.717) is 37.4 Å². The molecule has 0 spiro atoms. The van der Waals surface area contributed by atoms with Gasteiger partial charge in [0.1, 0.15) is 5.76 Å². The van der Waals surface area contributed by atoms with E-state index >= 15 is 0 Å². The molecule has 170 valence electrons. The van der Waals surface area contributed by atoms with Gasteiger partial charge in [-0.2, -0.15) is 0 Å². The minimum absolute atomic E-state index is 0.204. The molecular weight excluding hydrogens is 472 g/mol. The van der Waals surface area contributed by atoms with Gasteiger partial charge in [0.15, 0.2) is 0 Å². The van der Waals surface area contributed by atoms with Crippen LogP contribution in [0.2, 0.25) is 5.02 Å². The number of nitrogens with one attached hydrogen (secondary N) is 1. The Morgan fingerprint density at radius 1 is 0.971 bits per heavy atom. The Balaban J connectivity index is 1.57. The van der Waals surface area contributed by atoms with E-state index < -0.39 is 10.8 Å². The van der Waals surface area contributed by atoms with Crippen LogP contribution in [-0.2, 0) is 23.9 Å². The highest BCUT2D eigenvalue weighted by molar-refractivity contribution is 7.85. The van der Waals surface area contributed by atoms with Gasteiger partial charge in [-0.3, -0.25) is 9.59 Å². The Morgan fingerprint density at radius 2 is 1.82 bits per heavy atom. The van der Waals surface area contributed by atoms with Gasteiger partial charge in [0.2, 0.25) is 0 Å². The number of benzene rings is 3. The van der Waals surface area contributed by atoms with Crippen molar-refractivity contribution in [3.05, 3.63) is 113 Å². The number of nitrogens with zero attached hydrogens (tertiary/aromatic N) is 1. The van der Waals surface area contributed by atoms with E-state index in [4.69, 9.17) is 16.0 Å². The first-order valence-electron chi connectivity index (χ1n) is 10.5. The second-order valence-corrected chi connectivity index (χ2v) is 9.58. The van der Waals surface area contributed by atoms with Crippen LogP contribution in [0, 0.1) is 0 Å². The summed E-state index contributed by atoms with van der Waals surface area (Å²) >= 11 is 6.17. The number of carbonyl (C=O) groups excluding carboxylic acids is 2. The first kappa shape index (κ1) is 22.1. The lowest BCUT2D eigenvalue weighted by Crippen LogP contribution is -2.31. The first-order chi connectivity index (χ1) is 16.5. The van der Waals surface area contributed by atoms with Crippen LogP contribution >= 0.6 is 11.6 Å². The van der Waals surface area contributed by atoms with Crippen LogP contribution in [0.5, 0.6) is 0 Å².